The summed E-state index contributed by atoms with van der Waals surface area (Å²) in [6, 6.07) is 8.51. The number of rotatable bonds is 4. The standard InChI is InChI=1S/C16H24N2O/c1-12-5-3-6-13(9-12)10-16(19)18(2)15-8-4-7-14(15)11-17/h3,5-6,9,14-15H,4,7-8,10-11,17H2,1-2H3. The first-order chi connectivity index (χ1) is 9.11. The second-order valence-corrected chi connectivity index (χ2v) is 5.66. The summed E-state index contributed by atoms with van der Waals surface area (Å²) in [6.07, 6.45) is 3.93. The van der Waals surface area contributed by atoms with E-state index in [0.717, 1.165) is 18.4 Å². The number of likely N-dealkylation sites (N-methyl/N-ethyl adjacent to an activating group) is 1. The van der Waals surface area contributed by atoms with Gasteiger partial charge < -0.3 is 10.6 Å². The summed E-state index contributed by atoms with van der Waals surface area (Å²) < 4.78 is 0. The van der Waals surface area contributed by atoms with E-state index in [1.165, 1.54) is 12.0 Å². The molecule has 1 aromatic carbocycles. The fourth-order valence-electron chi connectivity index (χ4n) is 3.11. The summed E-state index contributed by atoms with van der Waals surface area (Å²) in [5.74, 6) is 0.683. The van der Waals surface area contributed by atoms with Crippen molar-refractivity contribution in [3.63, 3.8) is 0 Å². The first-order valence-electron chi connectivity index (χ1n) is 7.13. The third-order valence-electron chi connectivity index (χ3n) is 4.25. The van der Waals surface area contributed by atoms with Gasteiger partial charge in [-0.05, 0) is 37.8 Å². The number of carbonyl (C=O) groups is 1. The van der Waals surface area contributed by atoms with Gasteiger partial charge in [0.25, 0.3) is 0 Å². The molecule has 1 aliphatic carbocycles. The Balaban J connectivity index is 1.99. The van der Waals surface area contributed by atoms with Crippen molar-refractivity contribution in [2.45, 2.75) is 38.6 Å². The van der Waals surface area contributed by atoms with Gasteiger partial charge in [-0.25, -0.2) is 0 Å². The highest BCUT2D eigenvalue weighted by atomic mass is 16.2. The van der Waals surface area contributed by atoms with Crippen molar-refractivity contribution in [3.8, 4) is 0 Å². The fourth-order valence-corrected chi connectivity index (χ4v) is 3.11. The molecular formula is C16H24N2O. The zero-order chi connectivity index (χ0) is 13.8. The van der Waals surface area contributed by atoms with Gasteiger partial charge in [0.1, 0.15) is 0 Å². The summed E-state index contributed by atoms with van der Waals surface area (Å²) in [5, 5.41) is 0. The Morgan fingerprint density at radius 1 is 1.42 bits per heavy atom. The number of nitrogens with two attached hydrogens (primary N) is 1. The van der Waals surface area contributed by atoms with Crippen LogP contribution in [0.15, 0.2) is 24.3 Å². The minimum Gasteiger partial charge on any atom is -0.342 e. The van der Waals surface area contributed by atoms with Crippen LogP contribution in [0.5, 0.6) is 0 Å². The Morgan fingerprint density at radius 2 is 2.21 bits per heavy atom. The SMILES string of the molecule is Cc1cccc(CC(=O)N(C)C2CCCC2CN)c1. The van der Waals surface area contributed by atoms with Crippen molar-refractivity contribution in [3.05, 3.63) is 35.4 Å². The van der Waals surface area contributed by atoms with Gasteiger partial charge in [0.05, 0.1) is 6.42 Å². The van der Waals surface area contributed by atoms with E-state index in [1.54, 1.807) is 0 Å². The van der Waals surface area contributed by atoms with Crippen LogP contribution < -0.4 is 5.73 Å². The van der Waals surface area contributed by atoms with E-state index in [2.05, 4.69) is 19.1 Å². The van der Waals surface area contributed by atoms with E-state index in [-0.39, 0.29) is 5.91 Å². The zero-order valence-corrected chi connectivity index (χ0v) is 11.9. The minimum atomic E-state index is 0.205. The number of nitrogens with zero attached hydrogens (tertiary/aromatic N) is 1. The van der Waals surface area contributed by atoms with Crippen LogP contribution in [0.2, 0.25) is 0 Å². The highest BCUT2D eigenvalue weighted by Crippen LogP contribution is 2.28. The van der Waals surface area contributed by atoms with Gasteiger partial charge in [0.2, 0.25) is 5.91 Å². The summed E-state index contributed by atoms with van der Waals surface area (Å²) in [5.41, 5.74) is 8.10. The maximum atomic E-state index is 12.4. The molecule has 2 N–H and O–H groups in total. The van der Waals surface area contributed by atoms with E-state index >= 15 is 0 Å². The van der Waals surface area contributed by atoms with Crippen molar-refractivity contribution in [2.75, 3.05) is 13.6 Å². The summed E-state index contributed by atoms with van der Waals surface area (Å²) in [7, 11) is 1.93. The second kappa shape index (κ2) is 6.20. The van der Waals surface area contributed by atoms with Crippen LogP contribution in [0.3, 0.4) is 0 Å². The summed E-state index contributed by atoms with van der Waals surface area (Å²) >= 11 is 0. The molecule has 0 spiro atoms. The van der Waals surface area contributed by atoms with Crippen LogP contribution in [-0.2, 0) is 11.2 Å². The van der Waals surface area contributed by atoms with Crippen molar-refractivity contribution in [1.29, 1.82) is 0 Å². The average molecular weight is 260 g/mol. The molecule has 1 fully saturated rings. The van der Waals surface area contributed by atoms with Crippen molar-refractivity contribution in [1.82, 2.24) is 4.90 Å². The number of hydrogen-bond donors (Lipinski definition) is 1. The molecule has 3 heteroatoms. The lowest BCUT2D eigenvalue weighted by Crippen LogP contribution is -2.42. The summed E-state index contributed by atoms with van der Waals surface area (Å²) in [4.78, 5) is 14.3. The Bertz CT molecular complexity index is 444. The monoisotopic (exact) mass is 260 g/mol. The molecule has 19 heavy (non-hydrogen) atoms. The van der Waals surface area contributed by atoms with Crippen LogP contribution in [0.4, 0.5) is 0 Å². The maximum Gasteiger partial charge on any atom is 0.226 e. The molecule has 1 aromatic rings. The third kappa shape index (κ3) is 3.35. The summed E-state index contributed by atoms with van der Waals surface area (Å²) in [6.45, 7) is 2.74. The predicted octanol–water partition coefficient (Wildman–Crippen LogP) is 2.12. The van der Waals surface area contributed by atoms with Gasteiger partial charge in [-0.3, -0.25) is 4.79 Å². The van der Waals surface area contributed by atoms with Gasteiger partial charge in [-0.1, -0.05) is 36.2 Å². The number of benzene rings is 1. The van der Waals surface area contributed by atoms with E-state index in [1.807, 2.05) is 24.1 Å². The Kier molecular flexibility index (Phi) is 4.59. The van der Waals surface area contributed by atoms with E-state index < -0.39 is 0 Å². The topological polar surface area (TPSA) is 46.3 Å². The highest BCUT2D eigenvalue weighted by molar-refractivity contribution is 5.79. The Labute approximate surface area is 115 Å². The van der Waals surface area contributed by atoms with Crippen molar-refractivity contribution >= 4 is 5.91 Å². The molecule has 2 unspecified atom stereocenters. The molecule has 3 nitrogen and oxygen atoms in total. The van der Waals surface area contributed by atoms with Gasteiger partial charge in [0.15, 0.2) is 0 Å². The number of aryl methyl sites for hydroxylation is 1. The smallest absolute Gasteiger partial charge is 0.226 e. The normalized spacial score (nSPS) is 22.5. The molecule has 1 saturated carbocycles. The van der Waals surface area contributed by atoms with Gasteiger partial charge in [-0.2, -0.15) is 0 Å². The van der Waals surface area contributed by atoms with Gasteiger partial charge >= 0.3 is 0 Å². The van der Waals surface area contributed by atoms with Crippen LogP contribution in [0.1, 0.15) is 30.4 Å². The molecule has 0 saturated heterocycles. The largest absolute Gasteiger partial charge is 0.342 e. The Hall–Kier alpha value is -1.35. The molecule has 0 heterocycles. The lowest BCUT2D eigenvalue weighted by atomic mass is 10.0. The molecule has 104 valence electrons. The Morgan fingerprint density at radius 3 is 2.89 bits per heavy atom. The van der Waals surface area contributed by atoms with E-state index in [9.17, 15) is 4.79 Å². The first-order valence-corrected chi connectivity index (χ1v) is 7.13. The predicted molar refractivity (Wildman–Crippen MR) is 77.8 cm³/mol. The number of hydrogen-bond acceptors (Lipinski definition) is 2. The molecule has 2 rings (SSSR count). The highest BCUT2D eigenvalue weighted by Gasteiger charge is 2.31. The van der Waals surface area contributed by atoms with Crippen LogP contribution in [-0.4, -0.2) is 30.4 Å². The second-order valence-electron chi connectivity index (χ2n) is 5.66. The lowest BCUT2D eigenvalue weighted by Gasteiger charge is -2.29. The molecule has 1 amide bonds. The van der Waals surface area contributed by atoms with Crippen LogP contribution in [0.25, 0.3) is 0 Å². The third-order valence-corrected chi connectivity index (χ3v) is 4.25. The first kappa shape index (κ1) is 14.1. The van der Waals surface area contributed by atoms with Crippen molar-refractivity contribution < 1.29 is 4.79 Å². The van der Waals surface area contributed by atoms with Crippen LogP contribution >= 0.6 is 0 Å². The molecule has 0 radical (unpaired) electrons. The lowest BCUT2D eigenvalue weighted by molar-refractivity contribution is -0.131. The van der Waals surface area contributed by atoms with Gasteiger partial charge in [0, 0.05) is 13.1 Å². The quantitative estimate of drug-likeness (QED) is 0.901. The van der Waals surface area contributed by atoms with Crippen LogP contribution in [0, 0.1) is 12.8 Å². The zero-order valence-electron chi connectivity index (χ0n) is 11.9. The molecule has 0 bridgehead atoms. The van der Waals surface area contributed by atoms with E-state index in [4.69, 9.17) is 5.73 Å². The maximum absolute atomic E-state index is 12.4. The molecular weight excluding hydrogens is 236 g/mol. The minimum absolute atomic E-state index is 0.205. The van der Waals surface area contributed by atoms with Gasteiger partial charge in [-0.15, -0.1) is 0 Å². The molecule has 0 aliphatic heterocycles. The van der Waals surface area contributed by atoms with Crippen molar-refractivity contribution in [2.24, 2.45) is 11.7 Å². The molecule has 2 atom stereocenters. The van der Waals surface area contributed by atoms with E-state index in [0.29, 0.717) is 24.9 Å². The average Bonchev–Trinajstić information content (AvgIpc) is 2.86. The number of carbonyl (C=O) groups excluding carboxylic acids is 1. The fraction of sp³-hybridized carbons (Fsp3) is 0.562. The molecule has 1 aliphatic rings. The number of amides is 1. The molecule has 0 aromatic heterocycles.